The lowest BCUT2D eigenvalue weighted by Crippen LogP contribution is -2.43. The number of carbonyl (C=O) groups is 1. The van der Waals surface area contributed by atoms with Gasteiger partial charge in [-0.3, -0.25) is 4.79 Å². The molecule has 0 bridgehead atoms. The van der Waals surface area contributed by atoms with Crippen molar-refractivity contribution in [1.82, 2.24) is 5.32 Å². The summed E-state index contributed by atoms with van der Waals surface area (Å²) < 4.78 is 0. The van der Waals surface area contributed by atoms with Gasteiger partial charge in [0.05, 0.1) is 5.92 Å². The zero-order chi connectivity index (χ0) is 15.9. The average molecular weight is 304 g/mol. The zero-order valence-corrected chi connectivity index (χ0v) is 13.6. The Labute approximate surface area is 133 Å². The molecule has 0 saturated heterocycles. The minimum absolute atomic E-state index is 0.138. The monoisotopic (exact) mass is 304 g/mol. The quantitative estimate of drug-likeness (QED) is 0.723. The second-order valence-corrected chi connectivity index (χ2v) is 6.66. The van der Waals surface area contributed by atoms with E-state index < -0.39 is 5.97 Å². The van der Waals surface area contributed by atoms with Crippen molar-refractivity contribution in [3.05, 3.63) is 30.3 Å². The summed E-state index contributed by atoms with van der Waals surface area (Å²) in [6, 6.07) is 11.1. The smallest absolute Gasteiger partial charge is 0.306 e. The fourth-order valence-corrected chi connectivity index (χ4v) is 3.04. The van der Waals surface area contributed by atoms with Gasteiger partial charge in [0.2, 0.25) is 0 Å². The normalized spacial score (nSPS) is 23.2. The Hall–Kier alpha value is -1.55. The molecule has 1 aliphatic carbocycles. The van der Waals surface area contributed by atoms with Crippen LogP contribution in [0.2, 0.25) is 0 Å². The molecule has 1 aromatic rings. The Morgan fingerprint density at radius 1 is 1.18 bits per heavy atom. The highest BCUT2D eigenvalue weighted by Gasteiger charge is 2.26. The van der Waals surface area contributed by atoms with Crippen molar-refractivity contribution in [2.75, 3.05) is 11.9 Å². The van der Waals surface area contributed by atoms with Gasteiger partial charge in [-0.05, 0) is 43.7 Å². The molecule has 122 valence electrons. The van der Waals surface area contributed by atoms with E-state index in [1.165, 1.54) is 0 Å². The molecular weight excluding hydrogens is 276 g/mol. The molecule has 0 radical (unpaired) electrons. The lowest BCUT2D eigenvalue weighted by Gasteiger charge is -2.30. The first-order valence-corrected chi connectivity index (χ1v) is 8.34. The number of aliphatic carboxylic acids is 1. The fraction of sp³-hybridized carbons (Fsp3) is 0.611. The number of benzene rings is 1. The van der Waals surface area contributed by atoms with Gasteiger partial charge in [-0.2, -0.15) is 0 Å². The van der Waals surface area contributed by atoms with Gasteiger partial charge in [-0.15, -0.1) is 0 Å². The first-order valence-electron chi connectivity index (χ1n) is 8.34. The van der Waals surface area contributed by atoms with E-state index in [0.29, 0.717) is 18.0 Å². The topological polar surface area (TPSA) is 61.4 Å². The van der Waals surface area contributed by atoms with Crippen LogP contribution in [0, 0.1) is 11.8 Å². The Morgan fingerprint density at radius 3 is 2.36 bits per heavy atom. The van der Waals surface area contributed by atoms with E-state index in [0.717, 1.165) is 37.9 Å². The fourth-order valence-electron chi connectivity index (χ4n) is 3.04. The predicted octanol–water partition coefficient (Wildman–Crippen LogP) is 3.36. The maximum absolute atomic E-state index is 11.0. The molecule has 1 aromatic carbocycles. The molecule has 0 heterocycles. The van der Waals surface area contributed by atoms with Crippen LogP contribution < -0.4 is 10.6 Å². The van der Waals surface area contributed by atoms with Gasteiger partial charge in [0.1, 0.15) is 0 Å². The number of rotatable bonds is 7. The van der Waals surface area contributed by atoms with Crippen LogP contribution in [0.1, 0.15) is 39.5 Å². The predicted molar refractivity (Wildman–Crippen MR) is 90.1 cm³/mol. The van der Waals surface area contributed by atoms with Gasteiger partial charge in [0.15, 0.2) is 0 Å². The molecular formula is C18H28N2O2. The van der Waals surface area contributed by atoms with Crippen LogP contribution in [0.25, 0.3) is 0 Å². The van der Waals surface area contributed by atoms with Gasteiger partial charge in [-0.1, -0.05) is 32.0 Å². The molecule has 0 amide bonds. The van der Waals surface area contributed by atoms with Crippen molar-refractivity contribution in [2.45, 2.75) is 51.6 Å². The van der Waals surface area contributed by atoms with Gasteiger partial charge >= 0.3 is 5.97 Å². The van der Waals surface area contributed by atoms with Crippen LogP contribution in [-0.2, 0) is 4.79 Å². The molecule has 1 saturated carbocycles. The van der Waals surface area contributed by atoms with Crippen LogP contribution in [0.4, 0.5) is 5.69 Å². The van der Waals surface area contributed by atoms with Crippen LogP contribution in [0.5, 0.6) is 0 Å². The van der Waals surface area contributed by atoms with Gasteiger partial charge in [0, 0.05) is 24.3 Å². The van der Waals surface area contributed by atoms with Crippen LogP contribution in [0.15, 0.2) is 30.3 Å². The molecule has 0 spiro atoms. The first-order chi connectivity index (χ1) is 10.6. The molecule has 1 unspecified atom stereocenters. The van der Waals surface area contributed by atoms with Crippen molar-refractivity contribution in [3.63, 3.8) is 0 Å². The largest absolute Gasteiger partial charge is 0.481 e. The first kappa shape index (κ1) is 16.8. The minimum atomic E-state index is -0.635. The van der Waals surface area contributed by atoms with Crippen molar-refractivity contribution in [1.29, 1.82) is 0 Å². The summed E-state index contributed by atoms with van der Waals surface area (Å²) in [6.07, 6.45) is 3.52. The van der Waals surface area contributed by atoms with Gasteiger partial charge < -0.3 is 15.7 Å². The number of nitrogens with one attached hydrogen (secondary N) is 2. The van der Waals surface area contributed by atoms with Crippen molar-refractivity contribution in [2.24, 2.45) is 11.8 Å². The number of carboxylic acid groups (broad SMARTS) is 1. The maximum Gasteiger partial charge on any atom is 0.306 e. The van der Waals surface area contributed by atoms with Crippen molar-refractivity contribution >= 4 is 11.7 Å². The molecule has 1 aliphatic rings. The lowest BCUT2D eigenvalue weighted by molar-refractivity contribution is -0.142. The number of hydrogen-bond donors (Lipinski definition) is 3. The van der Waals surface area contributed by atoms with E-state index >= 15 is 0 Å². The third-order valence-electron chi connectivity index (χ3n) is 4.63. The second-order valence-electron chi connectivity index (χ2n) is 6.66. The molecule has 4 heteroatoms. The molecule has 0 aliphatic heterocycles. The molecule has 1 atom stereocenters. The summed E-state index contributed by atoms with van der Waals surface area (Å²) in [5, 5.41) is 16.3. The number of carboxylic acids is 1. The highest BCUT2D eigenvalue weighted by atomic mass is 16.4. The van der Waals surface area contributed by atoms with E-state index in [4.69, 9.17) is 5.11 Å². The molecule has 4 nitrogen and oxygen atoms in total. The average Bonchev–Trinajstić information content (AvgIpc) is 2.52. The Bertz CT molecular complexity index is 453. The van der Waals surface area contributed by atoms with Crippen LogP contribution >= 0.6 is 0 Å². The summed E-state index contributed by atoms with van der Waals surface area (Å²) in [6.45, 7) is 5.36. The molecule has 1 fully saturated rings. The summed E-state index contributed by atoms with van der Waals surface area (Å²) in [5.41, 5.74) is 1.15. The van der Waals surface area contributed by atoms with Gasteiger partial charge in [0.25, 0.3) is 0 Å². The Kier molecular flexibility index (Phi) is 6.25. The highest BCUT2D eigenvalue weighted by molar-refractivity contribution is 5.70. The molecule has 0 aromatic heterocycles. The van der Waals surface area contributed by atoms with Crippen LogP contribution in [0.3, 0.4) is 0 Å². The molecule has 2 rings (SSSR count). The summed E-state index contributed by atoms with van der Waals surface area (Å²) in [5.74, 6) is -0.242. The number of hydrogen-bond acceptors (Lipinski definition) is 3. The third-order valence-corrected chi connectivity index (χ3v) is 4.63. The van der Waals surface area contributed by atoms with E-state index in [2.05, 4.69) is 36.6 Å². The summed E-state index contributed by atoms with van der Waals surface area (Å²) >= 11 is 0. The van der Waals surface area contributed by atoms with Gasteiger partial charge in [-0.25, -0.2) is 0 Å². The number of para-hydroxylation sites is 1. The lowest BCUT2D eigenvalue weighted by atomic mass is 9.86. The SMILES string of the molecule is CC(C)C(CNC1CCC(C(=O)O)CC1)Nc1ccccc1. The standard InChI is InChI=1S/C18H28N2O2/c1-13(2)17(20-16-6-4-3-5-7-16)12-19-15-10-8-14(9-11-15)18(21)22/h3-7,13-15,17,19-20H,8-12H2,1-2H3,(H,21,22). The maximum atomic E-state index is 11.0. The molecule has 22 heavy (non-hydrogen) atoms. The second kappa shape index (κ2) is 8.18. The molecule has 3 N–H and O–H groups in total. The van der Waals surface area contributed by atoms with Crippen molar-refractivity contribution in [3.8, 4) is 0 Å². The summed E-state index contributed by atoms with van der Waals surface area (Å²) in [4.78, 5) is 11.0. The zero-order valence-electron chi connectivity index (χ0n) is 13.6. The van der Waals surface area contributed by atoms with Crippen molar-refractivity contribution < 1.29 is 9.90 Å². The summed E-state index contributed by atoms with van der Waals surface area (Å²) in [7, 11) is 0. The van der Waals surface area contributed by atoms with E-state index in [-0.39, 0.29) is 5.92 Å². The number of anilines is 1. The van der Waals surface area contributed by atoms with Crippen LogP contribution in [-0.4, -0.2) is 29.7 Å². The highest BCUT2D eigenvalue weighted by Crippen LogP contribution is 2.24. The van der Waals surface area contributed by atoms with E-state index in [1.807, 2.05) is 18.2 Å². The Balaban J connectivity index is 1.79. The minimum Gasteiger partial charge on any atom is -0.481 e. The third kappa shape index (κ3) is 5.02. The van der Waals surface area contributed by atoms with E-state index in [9.17, 15) is 4.79 Å². The Morgan fingerprint density at radius 2 is 1.82 bits per heavy atom. The van der Waals surface area contributed by atoms with E-state index in [1.54, 1.807) is 0 Å².